The van der Waals surface area contributed by atoms with Crippen LogP contribution in [0.1, 0.15) is 24.8 Å². The molecule has 3 atom stereocenters. The van der Waals surface area contributed by atoms with E-state index < -0.39 is 6.29 Å². The second kappa shape index (κ2) is 5.73. The summed E-state index contributed by atoms with van der Waals surface area (Å²) >= 11 is 0. The van der Waals surface area contributed by atoms with Crippen LogP contribution in [-0.4, -0.2) is 24.2 Å². The number of benzene rings is 1. The number of hydrogen-bond acceptors (Lipinski definition) is 3. The molecule has 0 spiro atoms. The molecule has 1 aromatic carbocycles. The molecule has 1 aromatic rings. The molecular weight excluding hydrogens is 266 g/mol. The smallest absolute Gasteiger partial charge is 0.227 e. The Bertz CT molecular complexity index is 571. The zero-order valence-corrected chi connectivity index (χ0v) is 12.1. The Labute approximate surface area is 124 Å². The molecule has 6 heteroatoms. The summed E-state index contributed by atoms with van der Waals surface area (Å²) in [6.07, 6.45) is 2.61. The number of para-hydroxylation sites is 1. The molecule has 1 saturated heterocycles. The number of nitrogens with zero attached hydrogens (tertiary/aromatic N) is 1. The van der Waals surface area contributed by atoms with Crippen LogP contribution in [0.2, 0.25) is 0 Å². The minimum Gasteiger partial charge on any atom is -0.370 e. The molecule has 1 aliphatic carbocycles. The lowest BCUT2D eigenvalue weighted by Gasteiger charge is -2.31. The summed E-state index contributed by atoms with van der Waals surface area (Å²) in [5, 5.41) is 9.27. The van der Waals surface area contributed by atoms with Crippen LogP contribution >= 0.6 is 0 Å². The minimum absolute atomic E-state index is 0.0775. The largest absolute Gasteiger partial charge is 0.370 e. The lowest BCUT2D eigenvalue weighted by atomic mass is 10.0. The van der Waals surface area contributed by atoms with E-state index in [2.05, 4.69) is 20.9 Å². The van der Waals surface area contributed by atoms with Gasteiger partial charge in [-0.1, -0.05) is 24.6 Å². The highest BCUT2D eigenvalue weighted by atomic mass is 16.2. The molecule has 1 aliphatic heterocycles. The first-order chi connectivity index (χ1) is 10.1. The standard InChI is InChI=1S/C15H21N5O/c1-9-5-2-3-7-11(9)17-14(16)20-15-18-12-8-4-6-10(12)13(21)19-15/h2-3,5,7,10,12,15,18H,4,6,8H2,1H3,(H,19,21)(H3,16,17,20). The molecule has 0 radical (unpaired) electrons. The van der Waals surface area contributed by atoms with E-state index in [1.807, 2.05) is 31.2 Å². The maximum absolute atomic E-state index is 12.0. The van der Waals surface area contributed by atoms with Crippen LogP contribution in [0.15, 0.2) is 29.3 Å². The van der Waals surface area contributed by atoms with E-state index >= 15 is 0 Å². The molecule has 6 nitrogen and oxygen atoms in total. The van der Waals surface area contributed by atoms with Gasteiger partial charge in [-0.2, -0.15) is 0 Å². The second-order valence-electron chi connectivity index (χ2n) is 5.68. The van der Waals surface area contributed by atoms with Crippen molar-refractivity contribution in [1.29, 1.82) is 0 Å². The highest BCUT2D eigenvalue weighted by Gasteiger charge is 2.38. The fourth-order valence-corrected chi connectivity index (χ4v) is 3.05. The fraction of sp³-hybridized carbons (Fsp3) is 0.467. The van der Waals surface area contributed by atoms with Gasteiger partial charge in [-0.15, -0.1) is 0 Å². The molecule has 21 heavy (non-hydrogen) atoms. The van der Waals surface area contributed by atoms with E-state index in [0.29, 0.717) is 5.96 Å². The molecule has 3 rings (SSSR count). The van der Waals surface area contributed by atoms with Gasteiger partial charge in [0, 0.05) is 11.7 Å². The zero-order chi connectivity index (χ0) is 14.8. The van der Waals surface area contributed by atoms with Gasteiger partial charge in [0.15, 0.2) is 12.2 Å². The van der Waals surface area contributed by atoms with Crippen molar-refractivity contribution < 1.29 is 4.79 Å². The number of guanidine groups is 1. The molecule has 2 fully saturated rings. The summed E-state index contributed by atoms with van der Waals surface area (Å²) in [6.45, 7) is 2.00. The van der Waals surface area contributed by atoms with Crippen LogP contribution < -0.4 is 21.7 Å². The summed E-state index contributed by atoms with van der Waals surface area (Å²) in [5.41, 5.74) is 7.94. The average Bonchev–Trinajstić information content (AvgIpc) is 2.90. The third kappa shape index (κ3) is 3.00. The molecule has 0 bridgehead atoms. The number of hydrogen-bond donors (Lipinski definition) is 4. The SMILES string of the molecule is Cc1ccccc1N/C(N)=N/C1NC(=O)C2CCCC2N1. The molecule has 1 heterocycles. The number of aryl methyl sites for hydroxylation is 1. The van der Waals surface area contributed by atoms with Gasteiger partial charge in [0.2, 0.25) is 5.91 Å². The van der Waals surface area contributed by atoms with Crippen molar-refractivity contribution in [3.05, 3.63) is 29.8 Å². The third-order valence-corrected chi connectivity index (χ3v) is 4.18. The van der Waals surface area contributed by atoms with Crippen LogP contribution in [0.3, 0.4) is 0 Å². The van der Waals surface area contributed by atoms with Crippen molar-refractivity contribution in [2.24, 2.45) is 16.6 Å². The topological polar surface area (TPSA) is 91.5 Å². The van der Waals surface area contributed by atoms with E-state index in [9.17, 15) is 4.79 Å². The highest BCUT2D eigenvalue weighted by molar-refractivity contribution is 5.93. The summed E-state index contributed by atoms with van der Waals surface area (Å²) in [5.74, 6) is 0.453. The Morgan fingerprint density at radius 3 is 3.00 bits per heavy atom. The van der Waals surface area contributed by atoms with E-state index in [-0.39, 0.29) is 17.9 Å². The molecule has 1 amide bonds. The quantitative estimate of drug-likeness (QED) is 0.480. The first kappa shape index (κ1) is 13.9. The lowest BCUT2D eigenvalue weighted by Crippen LogP contribution is -2.59. The van der Waals surface area contributed by atoms with Crippen molar-refractivity contribution >= 4 is 17.6 Å². The number of rotatable bonds is 2. The van der Waals surface area contributed by atoms with Crippen LogP contribution in [-0.2, 0) is 4.79 Å². The van der Waals surface area contributed by atoms with E-state index in [4.69, 9.17) is 5.73 Å². The number of fused-ring (bicyclic) bond motifs is 1. The molecule has 2 aliphatic rings. The summed E-state index contributed by atoms with van der Waals surface area (Å²) in [7, 11) is 0. The van der Waals surface area contributed by atoms with Gasteiger partial charge in [-0.3, -0.25) is 10.1 Å². The third-order valence-electron chi connectivity index (χ3n) is 4.18. The molecule has 5 N–H and O–H groups in total. The van der Waals surface area contributed by atoms with Crippen LogP contribution in [0.4, 0.5) is 5.69 Å². The Balaban J connectivity index is 1.67. The number of aliphatic imine (C=N–C) groups is 1. The second-order valence-corrected chi connectivity index (χ2v) is 5.68. The Hall–Kier alpha value is -2.08. The van der Waals surface area contributed by atoms with Crippen LogP contribution in [0.25, 0.3) is 0 Å². The maximum Gasteiger partial charge on any atom is 0.227 e. The average molecular weight is 287 g/mol. The van der Waals surface area contributed by atoms with Gasteiger partial charge >= 0.3 is 0 Å². The maximum atomic E-state index is 12.0. The van der Waals surface area contributed by atoms with Gasteiger partial charge in [-0.05, 0) is 31.4 Å². The van der Waals surface area contributed by atoms with Crippen LogP contribution in [0, 0.1) is 12.8 Å². The monoisotopic (exact) mass is 287 g/mol. The predicted octanol–water partition coefficient (Wildman–Crippen LogP) is 0.893. The summed E-state index contributed by atoms with van der Waals surface area (Å²) in [4.78, 5) is 16.3. The number of amides is 1. The number of carbonyl (C=O) groups is 1. The Morgan fingerprint density at radius 2 is 2.19 bits per heavy atom. The molecule has 0 aromatic heterocycles. The molecule has 3 unspecified atom stereocenters. The van der Waals surface area contributed by atoms with Crippen molar-refractivity contribution in [2.75, 3.05) is 5.32 Å². The van der Waals surface area contributed by atoms with Crippen molar-refractivity contribution in [3.63, 3.8) is 0 Å². The predicted molar refractivity (Wildman–Crippen MR) is 82.6 cm³/mol. The normalized spacial score (nSPS) is 28.9. The zero-order valence-electron chi connectivity index (χ0n) is 12.1. The van der Waals surface area contributed by atoms with Gasteiger partial charge in [0.1, 0.15) is 0 Å². The number of anilines is 1. The van der Waals surface area contributed by atoms with Gasteiger partial charge in [-0.25, -0.2) is 4.99 Å². The number of nitrogens with two attached hydrogens (primary N) is 1. The van der Waals surface area contributed by atoms with E-state index in [1.54, 1.807) is 0 Å². The van der Waals surface area contributed by atoms with E-state index in [0.717, 1.165) is 30.5 Å². The first-order valence-electron chi connectivity index (χ1n) is 7.36. The number of nitrogens with one attached hydrogen (secondary N) is 3. The van der Waals surface area contributed by atoms with Crippen LogP contribution in [0.5, 0.6) is 0 Å². The molecule has 1 saturated carbocycles. The Morgan fingerprint density at radius 1 is 1.38 bits per heavy atom. The van der Waals surface area contributed by atoms with Gasteiger partial charge < -0.3 is 16.4 Å². The Kier molecular flexibility index (Phi) is 3.79. The van der Waals surface area contributed by atoms with Crippen molar-refractivity contribution in [3.8, 4) is 0 Å². The van der Waals surface area contributed by atoms with Crippen molar-refractivity contribution in [1.82, 2.24) is 10.6 Å². The lowest BCUT2D eigenvalue weighted by molar-refractivity contribution is -0.128. The van der Waals surface area contributed by atoms with Crippen molar-refractivity contribution in [2.45, 2.75) is 38.5 Å². The number of carbonyl (C=O) groups excluding carboxylic acids is 1. The van der Waals surface area contributed by atoms with Gasteiger partial charge in [0.25, 0.3) is 0 Å². The molecule has 112 valence electrons. The highest BCUT2D eigenvalue weighted by Crippen LogP contribution is 2.28. The minimum atomic E-state index is -0.451. The summed E-state index contributed by atoms with van der Waals surface area (Å²) < 4.78 is 0. The van der Waals surface area contributed by atoms with Gasteiger partial charge in [0.05, 0.1) is 5.92 Å². The summed E-state index contributed by atoms with van der Waals surface area (Å²) in [6, 6.07) is 8.07. The first-order valence-corrected chi connectivity index (χ1v) is 7.36. The fourth-order valence-electron chi connectivity index (χ4n) is 3.05. The van der Waals surface area contributed by atoms with E-state index in [1.165, 1.54) is 0 Å². The molecular formula is C15H21N5O.